The first kappa shape index (κ1) is 11.7. The van der Waals surface area contributed by atoms with Crippen molar-refractivity contribution >= 4 is 12.1 Å². The van der Waals surface area contributed by atoms with Crippen LogP contribution in [-0.4, -0.2) is 60.9 Å². The number of likely N-dealkylation sites (N-methyl/N-ethyl adjacent to an activating group) is 2. The Morgan fingerprint density at radius 3 is 2.88 bits per heavy atom. The summed E-state index contributed by atoms with van der Waals surface area (Å²) in [5.74, 6) is 0. The van der Waals surface area contributed by atoms with Gasteiger partial charge in [-0.25, -0.2) is 4.99 Å². The van der Waals surface area contributed by atoms with Gasteiger partial charge in [0.2, 0.25) is 6.41 Å². The van der Waals surface area contributed by atoms with E-state index in [4.69, 9.17) is 0 Å². The third kappa shape index (κ3) is 1.69. The molecule has 2 aliphatic heterocycles. The molecule has 2 saturated heterocycles. The Bertz CT molecular complexity index is 304. The molecule has 0 spiro atoms. The second kappa shape index (κ2) is 4.61. The van der Waals surface area contributed by atoms with Gasteiger partial charge in [0.15, 0.2) is 0 Å². The van der Waals surface area contributed by atoms with Gasteiger partial charge in [-0.3, -0.25) is 19.9 Å². The quantitative estimate of drug-likeness (QED) is 0.665. The summed E-state index contributed by atoms with van der Waals surface area (Å²) in [5.41, 5.74) is 1.02. The molecule has 0 radical (unpaired) electrons. The molecule has 0 bridgehead atoms. The first-order chi connectivity index (χ1) is 7.70. The second-order valence-electron chi connectivity index (χ2n) is 4.54. The van der Waals surface area contributed by atoms with Crippen molar-refractivity contribution in [1.82, 2.24) is 15.1 Å². The molecule has 3 unspecified atom stereocenters. The highest BCUT2D eigenvalue weighted by atomic mass is 16.1. The Morgan fingerprint density at radius 1 is 1.50 bits per heavy atom. The Kier molecular flexibility index (Phi) is 3.37. The Hall–Kier alpha value is -0.780. The Morgan fingerprint density at radius 2 is 2.25 bits per heavy atom. The van der Waals surface area contributed by atoms with Crippen molar-refractivity contribution in [2.75, 3.05) is 20.6 Å². The first-order valence-corrected chi connectivity index (χ1v) is 5.88. The van der Waals surface area contributed by atoms with E-state index >= 15 is 0 Å². The lowest BCUT2D eigenvalue weighted by Gasteiger charge is -2.32. The van der Waals surface area contributed by atoms with Gasteiger partial charge < -0.3 is 0 Å². The van der Waals surface area contributed by atoms with E-state index in [1.54, 1.807) is 0 Å². The van der Waals surface area contributed by atoms with Crippen molar-refractivity contribution in [2.45, 2.75) is 38.1 Å². The number of carbonyl (C=O) groups excluding carboxylic acids is 1. The maximum Gasteiger partial charge on any atom is 0.232 e. The normalized spacial score (nSPS) is 38.9. The number of nitrogens with one attached hydrogen (secondary N) is 1. The number of piperidine rings is 1. The summed E-state index contributed by atoms with van der Waals surface area (Å²) in [6, 6.07) is 0.244. The zero-order chi connectivity index (χ0) is 11.7. The number of rotatable bonds is 2. The van der Waals surface area contributed by atoms with Crippen LogP contribution in [0.15, 0.2) is 4.99 Å². The molecule has 0 saturated carbocycles. The average molecular weight is 224 g/mol. The highest BCUT2D eigenvalue weighted by molar-refractivity contribution is 5.95. The van der Waals surface area contributed by atoms with Gasteiger partial charge in [0.25, 0.3) is 0 Å². The third-order valence-electron chi connectivity index (χ3n) is 3.78. The van der Waals surface area contributed by atoms with E-state index in [1.807, 2.05) is 0 Å². The number of fused-ring (bicyclic) bond motifs is 1. The standard InChI is InChI=1S/C11H20N4O/c1-4-9-14(2)10-8(13-7-16)5-6-12-11(10)15(9)3/h7,9-12H,4-6H2,1-3H3/b13-8+. The monoisotopic (exact) mass is 224 g/mol. The lowest BCUT2D eigenvalue weighted by Crippen LogP contribution is -2.55. The summed E-state index contributed by atoms with van der Waals surface area (Å²) in [7, 11) is 4.24. The molecule has 5 nitrogen and oxygen atoms in total. The maximum atomic E-state index is 10.6. The van der Waals surface area contributed by atoms with Gasteiger partial charge in [-0.1, -0.05) is 6.92 Å². The summed E-state index contributed by atoms with van der Waals surface area (Å²) < 4.78 is 0. The molecule has 3 atom stereocenters. The van der Waals surface area contributed by atoms with Crippen molar-refractivity contribution in [1.29, 1.82) is 0 Å². The number of hydrogen-bond acceptors (Lipinski definition) is 4. The van der Waals surface area contributed by atoms with E-state index in [9.17, 15) is 4.79 Å². The molecule has 2 rings (SSSR count). The van der Waals surface area contributed by atoms with Crippen LogP contribution in [0.25, 0.3) is 0 Å². The van der Waals surface area contributed by atoms with Gasteiger partial charge in [-0.2, -0.15) is 0 Å². The summed E-state index contributed by atoms with van der Waals surface area (Å²) in [6.07, 6.45) is 3.34. The molecule has 0 aliphatic carbocycles. The van der Waals surface area contributed by atoms with Crippen molar-refractivity contribution < 1.29 is 4.79 Å². The van der Waals surface area contributed by atoms with Crippen LogP contribution < -0.4 is 5.32 Å². The molecule has 0 aromatic rings. The van der Waals surface area contributed by atoms with Crippen LogP contribution in [0.1, 0.15) is 19.8 Å². The van der Waals surface area contributed by atoms with E-state index < -0.39 is 0 Å². The average Bonchev–Trinajstić information content (AvgIpc) is 2.53. The van der Waals surface area contributed by atoms with E-state index in [0.717, 1.165) is 25.1 Å². The minimum absolute atomic E-state index is 0.244. The zero-order valence-corrected chi connectivity index (χ0v) is 10.2. The largest absolute Gasteiger partial charge is 0.300 e. The van der Waals surface area contributed by atoms with E-state index in [-0.39, 0.29) is 6.04 Å². The lowest BCUT2D eigenvalue weighted by molar-refractivity contribution is -0.106. The molecular weight excluding hydrogens is 204 g/mol. The van der Waals surface area contributed by atoms with Crippen molar-refractivity contribution in [2.24, 2.45) is 4.99 Å². The van der Waals surface area contributed by atoms with Crippen molar-refractivity contribution in [3.8, 4) is 0 Å². The van der Waals surface area contributed by atoms with Crippen LogP contribution in [0, 0.1) is 0 Å². The summed E-state index contributed by atoms with van der Waals surface area (Å²) >= 11 is 0. The molecule has 1 N–H and O–H groups in total. The number of hydrogen-bond donors (Lipinski definition) is 1. The number of amides is 1. The fraction of sp³-hybridized carbons (Fsp3) is 0.818. The van der Waals surface area contributed by atoms with Crippen LogP contribution in [-0.2, 0) is 4.79 Å². The second-order valence-corrected chi connectivity index (χ2v) is 4.54. The molecule has 5 heteroatoms. The minimum atomic E-state index is 0.244. The molecule has 2 heterocycles. The molecule has 1 amide bonds. The molecule has 0 aromatic carbocycles. The predicted molar refractivity (Wildman–Crippen MR) is 63.3 cm³/mol. The smallest absolute Gasteiger partial charge is 0.232 e. The maximum absolute atomic E-state index is 10.6. The van der Waals surface area contributed by atoms with Crippen molar-refractivity contribution in [3.05, 3.63) is 0 Å². The third-order valence-corrected chi connectivity index (χ3v) is 3.78. The van der Waals surface area contributed by atoms with Crippen molar-refractivity contribution in [3.63, 3.8) is 0 Å². The van der Waals surface area contributed by atoms with Crippen LogP contribution in [0.5, 0.6) is 0 Å². The van der Waals surface area contributed by atoms with E-state index in [0.29, 0.717) is 18.7 Å². The zero-order valence-electron chi connectivity index (χ0n) is 10.2. The highest BCUT2D eigenvalue weighted by Crippen LogP contribution is 2.28. The molecule has 2 aliphatic rings. The van der Waals surface area contributed by atoms with Gasteiger partial charge in [-0.15, -0.1) is 0 Å². The van der Waals surface area contributed by atoms with Gasteiger partial charge in [-0.05, 0) is 20.5 Å². The predicted octanol–water partition coefficient (Wildman–Crippen LogP) is -0.115. The fourth-order valence-electron chi connectivity index (χ4n) is 3.06. The number of aliphatic imine (C=N–C) groups is 1. The molecule has 0 aromatic heterocycles. The van der Waals surface area contributed by atoms with Crippen LogP contribution in [0.2, 0.25) is 0 Å². The van der Waals surface area contributed by atoms with Gasteiger partial charge >= 0.3 is 0 Å². The number of carbonyl (C=O) groups is 1. The molecular formula is C11H20N4O. The summed E-state index contributed by atoms with van der Waals surface area (Å²) in [6.45, 7) is 3.09. The Balaban J connectivity index is 2.27. The Labute approximate surface area is 96.5 Å². The highest BCUT2D eigenvalue weighted by Gasteiger charge is 2.46. The van der Waals surface area contributed by atoms with E-state index in [1.165, 1.54) is 0 Å². The minimum Gasteiger partial charge on any atom is -0.300 e. The lowest BCUT2D eigenvalue weighted by atomic mass is 10.0. The van der Waals surface area contributed by atoms with Crippen LogP contribution in [0.4, 0.5) is 0 Å². The number of nitrogens with zero attached hydrogens (tertiary/aromatic N) is 3. The topological polar surface area (TPSA) is 47.9 Å². The van der Waals surface area contributed by atoms with Gasteiger partial charge in [0.05, 0.1) is 18.4 Å². The summed E-state index contributed by atoms with van der Waals surface area (Å²) in [5, 5.41) is 3.50. The molecule has 16 heavy (non-hydrogen) atoms. The van der Waals surface area contributed by atoms with E-state index in [2.05, 4.69) is 41.1 Å². The van der Waals surface area contributed by atoms with Crippen LogP contribution >= 0.6 is 0 Å². The van der Waals surface area contributed by atoms with Gasteiger partial charge in [0, 0.05) is 18.7 Å². The first-order valence-electron chi connectivity index (χ1n) is 5.88. The fourth-order valence-corrected chi connectivity index (χ4v) is 3.06. The SMILES string of the molecule is CCC1N(C)C2NCC/C(=N\C=O)C2N1C. The van der Waals surface area contributed by atoms with Crippen LogP contribution in [0.3, 0.4) is 0 Å². The van der Waals surface area contributed by atoms with Gasteiger partial charge in [0.1, 0.15) is 0 Å². The molecule has 90 valence electrons. The summed E-state index contributed by atoms with van der Waals surface area (Å²) in [4.78, 5) is 19.2. The molecule has 2 fully saturated rings.